The van der Waals surface area contributed by atoms with Crippen LogP contribution in [0.1, 0.15) is 30.6 Å². The number of halogens is 1. The van der Waals surface area contributed by atoms with Gasteiger partial charge in [0.15, 0.2) is 11.6 Å². The van der Waals surface area contributed by atoms with Crippen molar-refractivity contribution in [1.82, 2.24) is 15.1 Å². The second-order valence-electron chi connectivity index (χ2n) is 6.51. The summed E-state index contributed by atoms with van der Waals surface area (Å²) in [5, 5.41) is 2.96. The van der Waals surface area contributed by atoms with Gasteiger partial charge in [-0.3, -0.25) is 4.79 Å². The number of nitrogens with one attached hydrogen (secondary N) is 1. The Morgan fingerprint density at radius 3 is 2.83 bits per heavy atom. The Morgan fingerprint density at radius 2 is 2.17 bits per heavy atom. The van der Waals surface area contributed by atoms with Gasteiger partial charge in [0, 0.05) is 24.7 Å². The summed E-state index contributed by atoms with van der Waals surface area (Å²) in [6.07, 6.45) is 0.728. The molecule has 2 aliphatic rings. The number of amides is 3. The van der Waals surface area contributed by atoms with Crippen LogP contribution in [0.2, 0.25) is 0 Å². The molecule has 1 aromatic carbocycles. The molecule has 0 aromatic heterocycles. The Morgan fingerprint density at radius 1 is 1.42 bits per heavy atom. The predicted molar refractivity (Wildman–Crippen MR) is 86.6 cm³/mol. The van der Waals surface area contributed by atoms with E-state index in [-0.39, 0.29) is 35.8 Å². The monoisotopic (exact) mass is 335 g/mol. The Hall–Kier alpha value is -2.31. The first kappa shape index (κ1) is 16.5. The fourth-order valence-electron chi connectivity index (χ4n) is 3.58. The lowest BCUT2D eigenvalue weighted by Crippen LogP contribution is -2.53. The molecular weight excluding hydrogens is 313 g/mol. The van der Waals surface area contributed by atoms with Crippen molar-refractivity contribution in [3.63, 3.8) is 0 Å². The first-order valence-corrected chi connectivity index (χ1v) is 8.14. The average molecular weight is 335 g/mol. The van der Waals surface area contributed by atoms with Crippen molar-refractivity contribution in [2.75, 3.05) is 20.2 Å². The lowest BCUT2D eigenvalue weighted by Gasteiger charge is -2.38. The number of carbonyl (C=O) groups is 2. The van der Waals surface area contributed by atoms with Gasteiger partial charge in [-0.05, 0) is 38.5 Å². The van der Waals surface area contributed by atoms with Gasteiger partial charge in [0.2, 0.25) is 0 Å². The lowest BCUT2D eigenvalue weighted by molar-refractivity contribution is 0.0644. The first-order valence-electron chi connectivity index (χ1n) is 8.14. The van der Waals surface area contributed by atoms with Crippen molar-refractivity contribution in [2.45, 2.75) is 38.4 Å². The minimum atomic E-state index is -0.497. The maximum Gasteiger partial charge on any atom is 0.318 e. The van der Waals surface area contributed by atoms with Gasteiger partial charge < -0.3 is 19.9 Å². The van der Waals surface area contributed by atoms with Crippen molar-refractivity contribution < 1.29 is 18.7 Å². The summed E-state index contributed by atoms with van der Waals surface area (Å²) in [5.41, 5.74) is 0.386. The van der Waals surface area contributed by atoms with Gasteiger partial charge in [-0.25, -0.2) is 9.18 Å². The summed E-state index contributed by atoms with van der Waals surface area (Å²) in [6, 6.07) is 4.21. The summed E-state index contributed by atoms with van der Waals surface area (Å²) in [7, 11) is 1.37. The quantitative estimate of drug-likeness (QED) is 0.917. The third kappa shape index (κ3) is 2.79. The zero-order valence-corrected chi connectivity index (χ0v) is 14.1. The van der Waals surface area contributed by atoms with Crippen LogP contribution in [0.25, 0.3) is 0 Å². The summed E-state index contributed by atoms with van der Waals surface area (Å²) in [5.74, 6) is -0.622. The van der Waals surface area contributed by atoms with E-state index in [1.54, 1.807) is 4.90 Å². The third-order valence-corrected chi connectivity index (χ3v) is 4.72. The molecule has 2 fully saturated rings. The normalized spacial score (nSPS) is 23.3. The van der Waals surface area contributed by atoms with E-state index in [1.165, 1.54) is 25.3 Å². The Bertz CT molecular complexity index is 664. The maximum atomic E-state index is 13.5. The minimum absolute atomic E-state index is 0.0517. The first-order chi connectivity index (χ1) is 11.4. The van der Waals surface area contributed by atoms with E-state index in [0.717, 1.165) is 6.42 Å². The number of benzene rings is 1. The number of urea groups is 1. The number of rotatable bonds is 3. The molecule has 2 heterocycles. The fraction of sp³-hybridized carbons (Fsp3) is 0.529. The topological polar surface area (TPSA) is 61.9 Å². The maximum absolute atomic E-state index is 13.5. The molecule has 0 aliphatic carbocycles. The lowest BCUT2D eigenvalue weighted by atomic mass is 9.98. The highest BCUT2D eigenvalue weighted by atomic mass is 19.1. The molecule has 2 saturated heterocycles. The molecule has 7 heteroatoms. The molecule has 1 N–H and O–H groups in total. The number of fused-ring (bicyclic) bond motifs is 1. The molecule has 0 saturated carbocycles. The molecule has 6 nitrogen and oxygen atoms in total. The zero-order chi connectivity index (χ0) is 17.4. The van der Waals surface area contributed by atoms with Crippen molar-refractivity contribution in [3.8, 4) is 5.75 Å². The number of methoxy groups -OCH3 is 1. The molecule has 24 heavy (non-hydrogen) atoms. The second kappa shape index (κ2) is 6.30. The smallest absolute Gasteiger partial charge is 0.318 e. The van der Waals surface area contributed by atoms with Crippen molar-refractivity contribution >= 4 is 11.9 Å². The molecule has 2 aliphatic heterocycles. The van der Waals surface area contributed by atoms with E-state index in [1.807, 2.05) is 18.7 Å². The van der Waals surface area contributed by atoms with Crippen molar-refractivity contribution in [2.24, 2.45) is 0 Å². The van der Waals surface area contributed by atoms with Gasteiger partial charge in [0.1, 0.15) is 0 Å². The van der Waals surface area contributed by atoms with Crippen LogP contribution >= 0.6 is 0 Å². The fourth-order valence-corrected chi connectivity index (χ4v) is 3.58. The second-order valence-corrected chi connectivity index (χ2v) is 6.51. The highest BCUT2D eigenvalue weighted by molar-refractivity contribution is 5.95. The Balaban J connectivity index is 1.74. The van der Waals surface area contributed by atoms with Crippen molar-refractivity contribution in [1.29, 1.82) is 0 Å². The van der Waals surface area contributed by atoms with Crippen LogP contribution in [0, 0.1) is 5.82 Å². The van der Waals surface area contributed by atoms with Crippen LogP contribution in [-0.4, -0.2) is 60.1 Å². The van der Waals surface area contributed by atoms with Gasteiger partial charge >= 0.3 is 6.03 Å². The van der Waals surface area contributed by atoms with Crippen LogP contribution < -0.4 is 10.1 Å². The molecule has 0 bridgehead atoms. The van der Waals surface area contributed by atoms with Gasteiger partial charge in [-0.1, -0.05) is 0 Å². The summed E-state index contributed by atoms with van der Waals surface area (Å²) < 4.78 is 18.4. The van der Waals surface area contributed by atoms with E-state index >= 15 is 0 Å². The Labute approximate surface area is 140 Å². The highest BCUT2D eigenvalue weighted by Crippen LogP contribution is 2.26. The highest BCUT2D eigenvalue weighted by Gasteiger charge is 2.44. The number of ether oxygens (including phenoxy) is 1. The number of nitrogens with zero attached hydrogens (tertiary/aromatic N) is 2. The zero-order valence-electron chi connectivity index (χ0n) is 14.1. The summed E-state index contributed by atoms with van der Waals surface area (Å²) in [6.45, 7) is 5.00. The minimum Gasteiger partial charge on any atom is -0.494 e. The molecule has 3 rings (SSSR count). The molecule has 0 spiro atoms. The molecule has 0 radical (unpaired) electrons. The molecule has 1 aromatic rings. The Kier molecular flexibility index (Phi) is 4.34. The average Bonchev–Trinajstić information content (AvgIpc) is 2.89. The number of hydrogen-bond donors (Lipinski definition) is 1. The van der Waals surface area contributed by atoms with E-state index in [4.69, 9.17) is 4.74 Å². The van der Waals surface area contributed by atoms with E-state index in [9.17, 15) is 14.0 Å². The number of carbonyl (C=O) groups excluding carboxylic acids is 2. The number of piperidine rings is 1. The molecule has 130 valence electrons. The van der Waals surface area contributed by atoms with Crippen LogP contribution in [0.4, 0.5) is 9.18 Å². The van der Waals surface area contributed by atoms with Crippen LogP contribution in [-0.2, 0) is 0 Å². The van der Waals surface area contributed by atoms with Gasteiger partial charge in [0.25, 0.3) is 5.91 Å². The molecule has 0 unspecified atom stereocenters. The van der Waals surface area contributed by atoms with Gasteiger partial charge in [-0.15, -0.1) is 0 Å². The number of likely N-dealkylation sites (tertiary alicyclic amines) is 1. The summed E-state index contributed by atoms with van der Waals surface area (Å²) >= 11 is 0. The molecule has 2 atom stereocenters. The number of hydrogen-bond acceptors (Lipinski definition) is 3. The van der Waals surface area contributed by atoms with Crippen LogP contribution in [0.3, 0.4) is 0 Å². The SMILES string of the molecule is COc1cc(C(=O)N2CC[C@H]3[C@@H](C2)NC(=O)N3C(C)C)ccc1F. The third-order valence-electron chi connectivity index (χ3n) is 4.72. The van der Waals surface area contributed by atoms with Crippen molar-refractivity contribution in [3.05, 3.63) is 29.6 Å². The van der Waals surface area contributed by atoms with Crippen LogP contribution in [0.5, 0.6) is 5.75 Å². The van der Waals surface area contributed by atoms with Crippen LogP contribution in [0.15, 0.2) is 18.2 Å². The van der Waals surface area contributed by atoms with E-state index in [2.05, 4.69) is 5.32 Å². The molecular formula is C17H22FN3O3. The van der Waals surface area contributed by atoms with Gasteiger partial charge in [0.05, 0.1) is 19.2 Å². The van der Waals surface area contributed by atoms with E-state index < -0.39 is 5.82 Å². The standard InChI is InChI=1S/C17H22FN3O3/c1-10(2)21-14-6-7-20(9-13(14)19-17(21)23)16(22)11-4-5-12(18)15(8-11)24-3/h4-5,8,10,13-14H,6-7,9H2,1-3H3,(H,19,23)/t13-,14+/m1/s1. The van der Waals surface area contributed by atoms with Gasteiger partial charge in [-0.2, -0.15) is 0 Å². The van der Waals surface area contributed by atoms with E-state index in [0.29, 0.717) is 18.7 Å². The summed E-state index contributed by atoms with van der Waals surface area (Å²) in [4.78, 5) is 28.3. The molecule has 3 amide bonds. The predicted octanol–water partition coefficient (Wildman–Crippen LogP) is 1.85. The largest absolute Gasteiger partial charge is 0.494 e.